The lowest BCUT2D eigenvalue weighted by Gasteiger charge is -2.30. The van der Waals surface area contributed by atoms with Gasteiger partial charge in [0, 0.05) is 13.1 Å². The molecule has 2 atom stereocenters. The first-order valence-electron chi connectivity index (χ1n) is 5.03. The van der Waals surface area contributed by atoms with Crippen LogP contribution in [0.25, 0.3) is 0 Å². The number of nitrogens with zero attached hydrogens (tertiary/aromatic N) is 1. The van der Waals surface area contributed by atoms with Crippen molar-refractivity contribution in [2.45, 2.75) is 18.9 Å². The molecule has 1 amide bonds. The molecule has 0 spiro atoms. The summed E-state index contributed by atoms with van der Waals surface area (Å²) >= 11 is 0. The van der Waals surface area contributed by atoms with E-state index in [1.807, 2.05) is 4.90 Å². The Balaban J connectivity index is 0.000000980. The molecule has 14 heavy (non-hydrogen) atoms. The monoisotopic (exact) mass is 219 g/mol. The minimum atomic E-state index is 0. The quantitative estimate of drug-likeness (QED) is 0.663. The van der Waals surface area contributed by atoms with Crippen LogP contribution < -0.4 is 11.1 Å². The molecule has 0 aromatic rings. The van der Waals surface area contributed by atoms with Crippen molar-refractivity contribution in [3.63, 3.8) is 0 Å². The van der Waals surface area contributed by atoms with Gasteiger partial charge in [0.2, 0.25) is 5.91 Å². The Labute approximate surface area is 90.6 Å². The van der Waals surface area contributed by atoms with Gasteiger partial charge in [0.15, 0.2) is 0 Å². The number of rotatable bonds is 2. The maximum atomic E-state index is 11.7. The number of amides is 1. The summed E-state index contributed by atoms with van der Waals surface area (Å²) in [5.41, 5.74) is 5.57. The predicted octanol–water partition coefficient (Wildman–Crippen LogP) is -0.423. The Hall–Kier alpha value is -0.320. The second-order valence-corrected chi connectivity index (χ2v) is 3.97. The number of hydrogen-bond donors (Lipinski definition) is 2. The third-order valence-corrected chi connectivity index (χ3v) is 3.05. The topological polar surface area (TPSA) is 58.4 Å². The summed E-state index contributed by atoms with van der Waals surface area (Å²) in [6, 6.07) is 0.108. The van der Waals surface area contributed by atoms with Gasteiger partial charge in [-0.1, -0.05) is 0 Å². The molecule has 2 aliphatic heterocycles. The fourth-order valence-corrected chi connectivity index (χ4v) is 1.95. The van der Waals surface area contributed by atoms with Crippen molar-refractivity contribution in [2.24, 2.45) is 11.7 Å². The second-order valence-electron chi connectivity index (χ2n) is 3.97. The van der Waals surface area contributed by atoms with E-state index in [1.165, 1.54) is 0 Å². The Morgan fingerprint density at radius 3 is 2.64 bits per heavy atom. The van der Waals surface area contributed by atoms with Crippen LogP contribution in [0.15, 0.2) is 0 Å². The van der Waals surface area contributed by atoms with E-state index in [0.29, 0.717) is 12.5 Å². The molecule has 2 rings (SSSR count). The van der Waals surface area contributed by atoms with Crippen LogP contribution >= 0.6 is 12.4 Å². The van der Waals surface area contributed by atoms with E-state index in [2.05, 4.69) is 5.32 Å². The van der Waals surface area contributed by atoms with E-state index in [0.717, 1.165) is 32.5 Å². The first-order chi connectivity index (χ1) is 6.31. The van der Waals surface area contributed by atoms with E-state index < -0.39 is 0 Å². The minimum absolute atomic E-state index is 0. The van der Waals surface area contributed by atoms with Gasteiger partial charge < -0.3 is 16.0 Å². The van der Waals surface area contributed by atoms with Gasteiger partial charge in [-0.25, -0.2) is 0 Å². The fourth-order valence-electron chi connectivity index (χ4n) is 1.95. The average molecular weight is 220 g/mol. The summed E-state index contributed by atoms with van der Waals surface area (Å²) in [6.07, 6.45) is 2.08. The maximum absolute atomic E-state index is 11.7. The lowest BCUT2D eigenvalue weighted by molar-refractivity contribution is -0.134. The number of hydrogen-bond acceptors (Lipinski definition) is 3. The van der Waals surface area contributed by atoms with Gasteiger partial charge in [-0.15, -0.1) is 12.4 Å². The van der Waals surface area contributed by atoms with Gasteiger partial charge in [0.1, 0.15) is 0 Å². The summed E-state index contributed by atoms with van der Waals surface area (Å²) in [5, 5.41) is 3.13. The van der Waals surface area contributed by atoms with Gasteiger partial charge in [0.25, 0.3) is 0 Å². The first kappa shape index (κ1) is 11.8. The van der Waals surface area contributed by atoms with Crippen molar-refractivity contribution in [1.29, 1.82) is 0 Å². The van der Waals surface area contributed by atoms with Crippen LogP contribution in [0.2, 0.25) is 0 Å². The van der Waals surface area contributed by atoms with Gasteiger partial charge in [0.05, 0.1) is 6.04 Å². The normalized spacial score (nSPS) is 30.8. The Morgan fingerprint density at radius 1 is 1.50 bits per heavy atom. The average Bonchev–Trinajstić information content (AvgIpc) is 2.48. The summed E-state index contributed by atoms with van der Waals surface area (Å²) in [5.74, 6) is 0.811. The van der Waals surface area contributed by atoms with Gasteiger partial charge in [-0.3, -0.25) is 4.79 Å². The van der Waals surface area contributed by atoms with Gasteiger partial charge in [-0.2, -0.15) is 0 Å². The first-order valence-corrected chi connectivity index (χ1v) is 5.03. The third-order valence-electron chi connectivity index (χ3n) is 3.05. The lowest BCUT2D eigenvalue weighted by Crippen LogP contribution is -2.54. The van der Waals surface area contributed by atoms with E-state index in [4.69, 9.17) is 5.73 Å². The van der Waals surface area contributed by atoms with Gasteiger partial charge >= 0.3 is 0 Å². The van der Waals surface area contributed by atoms with E-state index in [-0.39, 0.29) is 24.4 Å². The molecule has 2 heterocycles. The standard InChI is InChI=1S/C9H17N3O.ClH/c10-5-7-2-4-12(6-7)9(13)8-1-3-11-8;/h7-8,11H,1-6,10H2;1H/t7?,8-;/m1./s1. The minimum Gasteiger partial charge on any atom is -0.341 e. The molecule has 0 aromatic carbocycles. The smallest absolute Gasteiger partial charge is 0.239 e. The number of likely N-dealkylation sites (tertiary alicyclic amines) is 1. The van der Waals surface area contributed by atoms with Crippen LogP contribution in [0.5, 0.6) is 0 Å². The molecule has 0 radical (unpaired) electrons. The molecule has 0 saturated carbocycles. The second kappa shape index (κ2) is 4.96. The molecule has 0 bridgehead atoms. The SMILES string of the molecule is Cl.NCC1CCN(C(=O)[C@H]2CCN2)C1. The zero-order valence-corrected chi connectivity index (χ0v) is 9.05. The van der Waals surface area contributed by atoms with E-state index in [1.54, 1.807) is 0 Å². The van der Waals surface area contributed by atoms with Crippen molar-refractivity contribution >= 4 is 18.3 Å². The molecule has 0 aromatic heterocycles. The van der Waals surface area contributed by atoms with Crippen molar-refractivity contribution in [3.05, 3.63) is 0 Å². The van der Waals surface area contributed by atoms with Crippen molar-refractivity contribution in [1.82, 2.24) is 10.2 Å². The van der Waals surface area contributed by atoms with Crippen LogP contribution in [0.3, 0.4) is 0 Å². The highest BCUT2D eigenvalue weighted by Gasteiger charge is 2.32. The number of nitrogens with two attached hydrogens (primary N) is 1. The molecule has 2 fully saturated rings. The molecule has 3 N–H and O–H groups in total. The van der Waals surface area contributed by atoms with Crippen LogP contribution in [-0.2, 0) is 4.79 Å². The van der Waals surface area contributed by atoms with E-state index in [9.17, 15) is 4.79 Å². The molecule has 82 valence electrons. The predicted molar refractivity (Wildman–Crippen MR) is 57.4 cm³/mol. The molecule has 2 aliphatic rings. The molecule has 0 aliphatic carbocycles. The fraction of sp³-hybridized carbons (Fsp3) is 0.889. The summed E-state index contributed by atoms with van der Waals surface area (Å²) in [4.78, 5) is 13.7. The number of halogens is 1. The number of carbonyl (C=O) groups excluding carboxylic acids is 1. The molecular formula is C9H18ClN3O. The lowest BCUT2D eigenvalue weighted by atomic mass is 10.1. The zero-order chi connectivity index (χ0) is 9.26. The number of nitrogens with one attached hydrogen (secondary N) is 1. The van der Waals surface area contributed by atoms with Crippen LogP contribution in [-0.4, -0.2) is 43.0 Å². The van der Waals surface area contributed by atoms with Crippen molar-refractivity contribution in [2.75, 3.05) is 26.2 Å². The molecule has 4 nitrogen and oxygen atoms in total. The summed E-state index contributed by atoms with van der Waals surface area (Å²) in [7, 11) is 0. The van der Waals surface area contributed by atoms with Crippen molar-refractivity contribution in [3.8, 4) is 0 Å². The highest BCUT2D eigenvalue weighted by atomic mass is 35.5. The highest BCUT2D eigenvalue weighted by molar-refractivity contribution is 5.85. The zero-order valence-electron chi connectivity index (χ0n) is 8.24. The molecule has 1 unspecified atom stereocenters. The van der Waals surface area contributed by atoms with Gasteiger partial charge in [-0.05, 0) is 31.8 Å². The Morgan fingerprint density at radius 2 is 2.21 bits per heavy atom. The summed E-state index contributed by atoms with van der Waals surface area (Å²) in [6.45, 7) is 3.47. The maximum Gasteiger partial charge on any atom is 0.239 e. The largest absolute Gasteiger partial charge is 0.341 e. The molecule has 2 saturated heterocycles. The van der Waals surface area contributed by atoms with E-state index >= 15 is 0 Å². The Kier molecular flexibility index (Phi) is 4.16. The van der Waals surface area contributed by atoms with Crippen LogP contribution in [0, 0.1) is 5.92 Å². The highest BCUT2D eigenvalue weighted by Crippen LogP contribution is 2.17. The van der Waals surface area contributed by atoms with Crippen LogP contribution in [0.1, 0.15) is 12.8 Å². The molecular weight excluding hydrogens is 202 g/mol. The van der Waals surface area contributed by atoms with Crippen molar-refractivity contribution < 1.29 is 4.79 Å². The Bertz CT molecular complexity index is 208. The van der Waals surface area contributed by atoms with Crippen LogP contribution in [0.4, 0.5) is 0 Å². The third kappa shape index (κ3) is 2.19. The molecule has 5 heteroatoms. The number of carbonyl (C=O) groups is 1. The summed E-state index contributed by atoms with van der Waals surface area (Å²) < 4.78 is 0.